The number of aromatic nitrogens is 1. The maximum Gasteiger partial charge on any atom is 0.309 e. The van der Waals surface area contributed by atoms with Gasteiger partial charge in [0, 0.05) is 10.9 Å². The number of carbonyl (C=O) groups is 1. The van der Waals surface area contributed by atoms with E-state index in [-0.39, 0.29) is 6.42 Å². The quantitative estimate of drug-likeness (QED) is 0.735. The van der Waals surface area contributed by atoms with E-state index in [0.717, 1.165) is 33.6 Å². The summed E-state index contributed by atoms with van der Waals surface area (Å²) in [7, 11) is 0. The van der Waals surface area contributed by atoms with Crippen LogP contribution in [0.2, 0.25) is 0 Å². The molecule has 6 heteroatoms. The minimum absolute atomic E-state index is 0.0458. The van der Waals surface area contributed by atoms with Crippen LogP contribution in [0, 0.1) is 0 Å². The lowest BCUT2D eigenvalue weighted by molar-refractivity contribution is -0.136. The molecule has 21 heavy (non-hydrogen) atoms. The second-order valence-corrected chi connectivity index (χ2v) is 6.27. The number of unbranched alkanes of at least 4 members (excludes halogenated alkanes) is 1. The highest BCUT2D eigenvalue weighted by Crippen LogP contribution is 2.32. The number of hydrogen-bond donors (Lipinski definition) is 1. The SMILES string of the molecule is CCCCOc1ccc(-c2nc(CC(=O)O)cs2)cc1Br. The van der Waals surface area contributed by atoms with Gasteiger partial charge < -0.3 is 9.84 Å². The van der Waals surface area contributed by atoms with E-state index in [1.807, 2.05) is 18.2 Å². The van der Waals surface area contributed by atoms with Crippen molar-refractivity contribution < 1.29 is 14.6 Å². The van der Waals surface area contributed by atoms with Crippen molar-refractivity contribution in [3.8, 4) is 16.3 Å². The Bertz CT molecular complexity index is 627. The number of halogens is 1. The Kier molecular flexibility index (Phi) is 5.76. The molecular formula is C15H16BrNO3S. The predicted molar refractivity (Wildman–Crippen MR) is 87.0 cm³/mol. The zero-order valence-corrected chi connectivity index (χ0v) is 14.0. The standard InChI is InChI=1S/C15H16BrNO3S/c1-2-3-6-20-13-5-4-10(7-12(13)16)15-17-11(9-21-15)8-14(18)19/h4-5,7,9H,2-3,6,8H2,1H3,(H,18,19). The fraction of sp³-hybridized carbons (Fsp3) is 0.333. The fourth-order valence-corrected chi connectivity index (χ4v) is 3.06. The van der Waals surface area contributed by atoms with E-state index in [1.165, 1.54) is 11.3 Å². The van der Waals surface area contributed by atoms with Gasteiger partial charge >= 0.3 is 5.97 Å². The minimum atomic E-state index is -0.868. The van der Waals surface area contributed by atoms with Gasteiger partial charge in [0.05, 0.1) is 23.2 Å². The lowest BCUT2D eigenvalue weighted by Crippen LogP contribution is -2.00. The Morgan fingerprint density at radius 3 is 2.95 bits per heavy atom. The number of carboxylic acids is 1. The average Bonchev–Trinajstić information content (AvgIpc) is 2.88. The molecule has 1 aromatic carbocycles. The smallest absolute Gasteiger partial charge is 0.309 e. The highest BCUT2D eigenvalue weighted by molar-refractivity contribution is 9.10. The molecule has 0 aliphatic rings. The molecule has 0 aliphatic carbocycles. The number of thiazole rings is 1. The van der Waals surface area contributed by atoms with E-state index in [1.54, 1.807) is 5.38 Å². The van der Waals surface area contributed by atoms with Crippen molar-refractivity contribution in [3.05, 3.63) is 33.7 Å². The molecule has 1 aromatic heterocycles. The number of nitrogens with zero attached hydrogens (tertiary/aromatic N) is 1. The van der Waals surface area contributed by atoms with Gasteiger partial charge in [-0.15, -0.1) is 11.3 Å². The molecule has 0 saturated heterocycles. The highest BCUT2D eigenvalue weighted by atomic mass is 79.9. The molecule has 0 bridgehead atoms. The normalized spacial score (nSPS) is 10.6. The van der Waals surface area contributed by atoms with Gasteiger partial charge in [0.1, 0.15) is 10.8 Å². The van der Waals surface area contributed by atoms with Crippen molar-refractivity contribution in [1.82, 2.24) is 4.98 Å². The third-order valence-corrected chi connectivity index (χ3v) is 4.38. The van der Waals surface area contributed by atoms with Crippen LogP contribution in [0.15, 0.2) is 28.1 Å². The van der Waals surface area contributed by atoms with E-state index in [0.29, 0.717) is 12.3 Å². The summed E-state index contributed by atoms with van der Waals surface area (Å²) in [5.74, 6) is -0.0535. The van der Waals surface area contributed by atoms with Gasteiger partial charge in [0.2, 0.25) is 0 Å². The summed E-state index contributed by atoms with van der Waals surface area (Å²) >= 11 is 4.95. The highest BCUT2D eigenvalue weighted by Gasteiger charge is 2.10. The third-order valence-electron chi connectivity index (χ3n) is 2.82. The lowest BCUT2D eigenvalue weighted by Gasteiger charge is -2.08. The van der Waals surface area contributed by atoms with Gasteiger partial charge in [-0.25, -0.2) is 4.98 Å². The molecule has 0 amide bonds. The predicted octanol–water partition coefficient (Wildman–Crippen LogP) is 4.38. The second kappa shape index (κ2) is 7.56. The van der Waals surface area contributed by atoms with Gasteiger partial charge in [0.15, 0.2) is 0 Å². The maximum atomic E-state index is 10.7. The molecule has 1 N–H and O–H groups in total. The summed E-state index contributed by atoms with van der Waals surface area (Å²) in [6.45, 7) is 2.83. The minimum Gasteiger partial charge on any atom is -0.492 e. The largest absolute Gasteiger partial charge is 0.492 e. The van der Waals surface area contributed by atoms with Crippen LogP contribution >= 0.6 is 27.3 Å². The molecule has 0 aliphatic heterocycles. The van der Waals surface area contributed by atoms with Crippen molar-refractivity contribution >= 4 is 33.2 Å². The second-order valence-electron chi connectivity index (χ2n) is 4.56. The van der Waals surface area contributed by atoms with Gasteiger partial charge in [0.25, 0.3) is 0 Å². The summed E-state index contributed by atoms with van der Waals surface area (Å²) in [6, 6.07) is 5.80. The van der Waals surface area contributed by atoms with Crippen LogP contribution in [-0.4, -0.2) is 22.7 Å². The van der Waals surface area contributed by atoms with E-state index < -0.39 is 5.97 Å². The molecule has 0 saturated carbocycles. The molecule has 0 unspecified atom stereocenters. The van der Waals surface area contributed by atoms with Gasteiger partial charge in [-0.3, -0.25) is 4.79 Å². The van der Waals surface area contributed by atoms with Crippen LogP contribution in [-0.2, 0) is 11.2 Å². The maximum absolute atomic E-state index is 10.7. The molecular weight excluding hydrogens is 354 g/mol. The Hall–Kier alpha value is -1.40. The summed E-state index contributed by atoms with van der Waals surface area (Å²) in [4.78, 5) is 15.0. The molecule has 4 nitrogen and oxygen atoms in total. The third kappa shape index (κ3) is 4.54. The van der Waals surface area contributed by atoms with E-state index in [2.05, 4.69) is 27.8 Å². The molecule has 0 radical (unpaired) electrons. The van der Waals surface area contributed by atoms with Crippen LogP contribution in [0.5, 0.6) is 5.75 Å². The number of carboxylic acid groups (broad SMARTS) is 1. The first-order valence-corrected chi connectivity index (χ1v) is 8.36. The Balaban J connectivity index is 2.12. The zero-order chi connectivity index (χ0) is 15.2. The van der Waals surface area contributed by atoms with Crippen molar-refractivity contribution in [2.75, 3.05) is 6.61 Å². The summed E-state index contributed by atoms with van der Waals surface area (Å²) in [5, 5.41) is 11.4. The van der Waals surface area contributed by atoms with Crippen molar-refractivity contribution in [2.45, 2.75) is 26.2 Å². The number of hydrogen-bond acceptors (Lipinski definition) is 4. The number of rotatable bonds is 7. The molecule has 112 valence electrons. The molecule has 1 heterocycles. The van der Waals surface area contributed by atoms with E-state index >= 15 is 0 Å². The van der Waals surface area contributed by atoms with Crippen molar-refractivity contribution in [1.29, 1.82) is 0 Å². The van der Waals surface area contributed by atoms with Crippen LogP contribution in [0.4, 0.5) is 0 Å². The average molecular weight is 370 g/mol. The van der Waals surface area contributed by atoms with Crippen LogP contribution in [0.1, 0.15) is 25.5 Å². The number of aliphatic carboxylic acids is 1. The molecule has 2 aromatic rings. The van der Waals surface area contributed by atoms with Gasteiger partial charge in [-0.05, 0) is 40.5 Å². The van der Waals surface area contributed by atoms with Crippen molar-refractivity contribution in [3.63, 3.8) is 0 Å². The monoisotopic (exact) mass is 369 g/mol. The molecule has 2 rings (SSSR count). The molecule has 0 atom stereocenters. The summed E-state index contributed by atoms with van der Waals surface area (Å²) in [5.41, 5.74) is 1.54. The fourth-order valence-electron chi connectivity index (χ4n) is 1.75. The Morgan fingerprint density at radius 2 is 2.29 bits per heavy atom. The van der Waals surface area contributed by atoms with E-state index in [9.17, 15) is 4.79 Å². The van der Waals surface area contributed by atoms with Crippen LogP contribution < -0.4 is 4.74 Å². The summed E-state index contributed by atoms with van der Waals surface area (Å²) in [6.07, 6.45) is 2.08. The summed E-state index contributed by atoms with van der Waals surface area (Å²) < 4.78 is 6.56. The number of benzene rings is 1. The topological polar surface area (TPSA) is 59.4 Å². The number of ether oxygens (including phenoxy) is 1. The van der Waals surface area contributed by atoms with Crippen molar-refractivity contribution in [2.24, 2.45) is 0 Å². The van der Waals surface area contributed by atoms with Crippen LogP contribution in [0.25, 0.3) is 10.6 Å². The van der Waals surface area contributed by atoms with E-state index in [4.69, 9.17) is 9.84 Å². The van der Waals surface area contributed by atoms with Gasteiger partial charge in [-0.2, -0.15) is 0 Å². The first kappa shape index (κ1) is 16.0. The molecule has 0 fully saturated rings. The van der Waals surface area contributed by atoms with Crippen LogP contribution in [0.3, 0.4) is 0 Å². The first-order chi connectivity index (χ1) is 10.1. The Labute approximate surface area is 135 Å². The first-order valence-electron chi connectivity index (χ1n) is 6.69. The molecule has 0 spiro atoms. The van der Waals surface area contributed by atoms with Gasteiger partial charge in [-0.1, -0.05) is 13.3 Å². The lowest BCUT2D eigenvalue weighted by atomic mass is 10.2. The zero-order valence-electron chi connectivity index (χ0n) is 11.6. The Morgan fingerprint density at radius 1 is 1.48 bits per heavy atom.